The number of para-hydroxylation sites is 1. The van der Waals surface area contributed by atoms with E-state index in [0.29, 0.717) is 0 Å². The van der Waals surface area contributed by atoms with Gasteiger partial charge in [-0.2, -0.15) is 0 Å². The van der Waals surface area contributed by atoms with Crippen molar-refractivity contribution in [2.45, 2.75) is 19.3 Å². The Balaban J connectivity index is 0.958. The topological polar surface area (TPSA) is 8.17 Å². The lowest BCUT2D eigenvalue weighted by Gasteiger charge is -2.28. The highest BCUT2D eigenvalue weighted by molar-refractivity contribution is 6.19. The SMILES string of the molecule is CC1(C)c2ccccc2-c2ccc(N(c3ccc(-c4cccc(-c5ccccc5)c4)cc3)c3ccc(-c4ccc5c(c4)c4ccc6ccccc6c4n5-c4ccccc4)cc3)cc21. The summed E-state index contributed by atoms with van der Waals surface area (Å²) in [4.78, 5) is 2.41. The molecule has 1 aliphatic rings. The maximum Gasteiger partial charge on any atom is 0.0619 e. The number of fused-ring (bicyclic) bond motifs is 8. The third-order valence-corrected chi connectivity index (χ3v) is 13.4. The molecule has 0 amide bonds. The van der Waals surface area contributed by atoms with Crippen molar-refractivity contribution in [2.75, 3.05) is 4.90 Å². The van der Waals surface area contributed by atoms with Crippen molar-refractivity contribution in [3.05, 3.63) is 242 Å². The smallest absolute Gasteiger partial charge is 0.0619 e. The summed E-state index contributed by atoms with van der Waals surface area (Å²) in [7, 11) is 0. The average Bonchev–Trinajstić information content (AvgIpc) is 3.80. The van der Waals surface area contributed by atoms with Gasteiger partial charge < -0.3 is 9.47 Å². The van der Waals surface area contributed by atoms with Crippen LogP contribution >= 0.6 is 0 Å². The third-order valence-electron chi connectivity index (χ3n) is 13.4. The van der Waals surface area contributed by atoms with Gasteiger partial charge in [0, 0.05) is 44.3 Å². The van der Waals surface area contributed by atoms with Crippen LogP contribution in [0.25, 0.3) is 82.8 Å². The molecule has 0 saturated heterocycles. The zero-order valence-corrected chi connectivity index (χ0v) is 35.3. The van der Waals surface area contributed by atoms with Crippen LogP contribution in [0.5, 0.6) is 0 Å². The fraction of sp³-hybridized carbons (Fsp3) is 0.0492. The van der Waals surface area contributed by atoms with E-state index in [2.05, 4.69) is 254 Å². The summed E-state index contributed by atoms with van der Waals surface area (Å²) in [5.74, 6) is 0. The van der Waals surface area contributed by atoms with Crippen LogP contribution in [0.1, 0.15) is 25.0 Å². The van der Waals surface area contributed by atoms with Crippen LogP contribution in [0.4, 0.5) is 17.1 Å². The van der Waals surface area contributed by atoms with Gasteiger partial charge in [0.2, 0.25) is 0 Å². The van der Waals surface area contributed by atoms with Crippen molar-refractivity contribution in [3.63, 3.8) is 0 Å². The molecule has 2 heteroatoms. The summed E-state index contributed by atoms with van der Waals surface area (Å²) >= 11 is 0. The molecular formula is C61H44N2. The molecule has 2 nitrogen and oxygen atoms in total. The molecular weight excluding hydrogens is 761 g/mol. The molecule has 0 bridgehead atoms. The Morgan fingerprint density at radius 1 is 0.349 bits per heavy atom. The fourth-order valence-electron chi connectivity index (χ4n) is 10.2. The second kappa shape index (κ2) is 14.6. The Bertz CT molecular complexity index is 3500. The van der Waals surface area contributed by atoms with E-state index in [0.717, 1.165) is 17.1 Å². The van der Waals surface area contributed by atoms with E-state index < -0.39 is 0 Å². The number of benzene rings is 10. The first kappa shape index (κ1) is 36.9. The molecule has 1 aromatic heterocycles. The Kier molecular flexibility index (Phi) is 8.55. The fourth-order valence-corrected chi connectivity index (χ4v) is 10.2. The van der Waals surface area contributed by atoms with Gasteiger partial charge in [-0.05, 0) is 128 Å². The summed E-state index contributed by atoms with van der Waals surface area (Å²) in [6.07, 6.45) is 0. The molecule has 0 fully saturated rings. The molecule has 63 heavy (non-hydrogen) atoms. The molecule has 0 radical (unpaired) electrons. The lowest BCUT2D eigenvalue weighted by Crippen LogP contribution is -2.16. The van der Waals surface area contributed by atoms with E-state index in [-0.39, 0.29) is 5.41 Å². The molecule has 12 rings (SSSR count). The van der Waals surface area contributed by atoms with Crippen molar-refractivity contribution in [2.24, 2.45) is 0 Å². The standard InChI is InChI=1S/C61H44N2/c1-61(2)57-23-12-11-22-53(57)54-36-34-51(40-58(54)61)62(49-30-24-42(25-31-49)46-18-13-17-45(38-46)41-14-5-3-6-15-41)50-32-26-43(27-33-50)47-29-37-59-56(39-47)55-35-28-44-16-9-10-21-52(44)60(55)63(59)48-19-7-4-8-20-48/h3-40H,1-2H3. The largest absolute Gasteiger partial charge is 0.310 e. The van der Waals surface area contributed by atoms with Gasteiger partial charge in [-0.25, -0.2) is 0 Å². The highest BCUT2D eigenvalue weighted by Crippen LogP contribution is 2.51. The van der Waals surface area contributed by atoms with Gasteiger partial charge in [0.05, 0.1) is 11.0 Å². The van der Waals surface area contributed by atoms with Crippen LogP contribution < -0.4 is 4.90 Å². The van der Waals surface area contributed by atoms with Crippen LogP contribution in [-0.4, -0.2) is 4.57 Å². The van der Waals surface area contributed by atoms with Crippen LogP contribution in [0.2, 0.25) is 0 Å². The van der Waals surface area contributed by atoms with Crippen molar-refractivity contribution in [1.82, 2.24) is 4.57 Å². The number of hydrogen-bond donors (Lipinski definition) is 0. The Morgan fingerprint density at radius 3 is 1.63 bits per heavy atom. The van der Waals surface area contributed by atoms with E-state index in [1.54, 1.807) is 0 Å². The van der Waals surface area contributed by atoms with E-state index in [9.17, 15) is 0 Å². The highest BCUT2D eigenvalue weighted by Gasteiger charge is 2.35. The lowest BCUT2D eigenvalue weighted by molar-refractivity contribution is 0.660. The maximum atomic E-state index is 2.43. The summed E-state index contributed by atoms with van der Waals surface area (Å²) < 4.78 is 2.43. The number of nitrogens with zero attached hydrogens (tertiary/aromatic N) is 2. The molecule has 0 spiro atoms. The minimum absolute atomic E-state index is 0.111. The Labute approximate surface area is 368 Å². The van der Waals surface area contributed by atoms with E-state index in [1.165, 1.54) is 93.9 Å². The van der Waals surface area contributed by atoms with Crippen LogP contribution in [0.3, 0.4) is 0 Å². The molecule has 0 aliphatic heterocycles. The van der Waals surface area contributed by atoms with Crippen LogP contribution in [-0.2, 0) is 5.41 Å². The van der Waals surface area contributed by atoms with Crippen molar-refractivity contribution < 1.29 is 0 Å². The summed E-state index contributed by atoms with van der Waals surface area (Å²) in [6.45, 7) is 4.71. The molecule has 1 aliphatic carbocycles. The first-order valence-corrected chi connectivity index (χ1v) is 21.9. The second-order valence-electron chi connectivity index (χ2n) is 17.4. The monoisotopic (exact) mass is 804 g/mol. The van der Waals surface area contributed by atoms with E-state index in [1.807, 2.05) is 0 Å². The number of anilines is 3. The molecule has 0 saturated carbocycles. The van der Waals surface area contributed by atoms with Crippen molar-refractivity contribution in [1.29, 1.82) is 0 Å². The van der Waals surface area contributed by atoms with Gasteiger partial charge in [-0.3, -0.25) is 0 Å². The van der Waals surface area contributed by atoms with Gasteiger partial charge in [0.1, 0.15) is 0 Å². The maximum absolute atomic E-state index is 2.43. The first-order chi connectivity index (χ1) is 31.0. The number of hydrogen-bond acceptors (Lipinski definition) is 1. The molecule has 11 aromatic rings. The van der Waals surface area contributed by atoms with E-state index in [4.69, 9.17) is 0 Å². The first-order valence-electron chi connectivity index (χ1n) is 21.9. The average molecular weight is 805 g/mol. The van der Waals surface area contributed by atoms with Gasteiger partial charge in [-0.15, -0.1) is 0 Å². The quantitative estimate of drug-likeness (QED) is 0.156. The molecule has 0 unspecified atom stereocenters. The molecule has 10 aromatic carbocycles. The van der Waals surface area contributed by atoms with Crippen molar-refractivity contribution in [3.8, 4) is 50.2 Å². The predicted octanol–water partition coefficient (Wildman–Crippen LogP) is 16.7. The summed E-state index contributed by atoms with van der Waals surface area (Å²) in [5.41, 5.74) is 19.5. The zero-order valence-electron chi connectivity index (χ0n) is 35.3. The van der Waals surface area contributed by atoms with E-state index >= 15 is 0 Å². The Morgan fingerprint density at radius 2 is 0.905 bits per heavy atom. The number of aromatic nitrogens is 1. The Hall–Kier alpha value is -7.94. The third kappa shape index (κ3) is 6.09. The normalized spacial score (nSPS) is 12.7. The highest BCUT2D eigenvalue weighted by atomic mass is 15.1. The second-order valence-corrected chi connectivity index (χ2v) is 17.4. The predicted molar refractivity (Wildman–Crippen MR) is 267 cm³/mol. The molecule has 298 valence electrons. The van der Waals surface area contributed by atoms with Gasteiger partial charge in [-0.1, -0.05) is 178 Å². The van der Waals surface area contributed by atoms with Gasteiger partial charge >= 0.3 is 0 Å². The van der Waals surface area contributed by atoms with Gasteiger partial charge in [0.25, 0.3) is 0 Å². The molecule has 0 N–H and O–H groups in total. The lowest BCUT2D eigenvalue weighted by atomic mass is 9.82. The van der Waals surface area contributed by atoms with Crippen LogP contribution in [0, 0.1) is 0 Å². The van der Waals surface area contributed by atoms with Gasteiger partial charge in [0.15, 0.2) is 0 Å². The molecule has 0 atom stereocenters. The molecule has 1 heterocycles. The summed E-state index contributed by atoms with van der Waals surface area (Å²) in [6, 6.07) is 84.6. The van der Waals surface area contributed by atoms with Crippen molar-refractivity contribution >= 4 is 49.6 Å². The summed E-state index contributed by atoms with van der Waals surface area (Å²) in [5, 5.41) is 5.01. The van der Waals surface area contributed by atoms with Crippen LogP contribution in [0.15, 0.2) is 231 Å². The minimum Gasteiger partial charge on any atom is -0.310 e. The minimum atomic E-state index is -0.111. The number of rotatable bonds is 7. The zero-order chi connectivity index (χ0) is 42.1.